The summed E-state index contributed by atoms with van der Waals surface area (Å²) in [4.78, 5) is 11.9. The Balaban J connectivity index is 1.74. The van der Waals surface area contributed by atoms with E-state index in [1.165, 1.54) is 0 Å². The zero-order chi connectivity index (χ0) is 15.8. The van der Waals surface area contributed by atoms with Gasteiger partial charge in [-0.05, 0) is 35.7 Å². The molecule has 0 aliphatic heterocycles. The van der Waals surface area contributed by atoms with E-state index in [4.69, 9.17) is 4.42 Å². The van der Waals surface area contributed by atoms with E-state index in [0.29, 0.717) is 6.42 Å². The molecule has 3 aromatic rings. The summed E-state index contributed by atoms with van der Waals surface area (Å²) >= 11 is 0. The first kappa shape index (κ1) is 14.0. The van der Waals surface area contributed by atoms with E-state index in [-0.39, 0.29) is 12.4 Å². The molecule has 4 rings (SSSR count). The van der Waals surface area contributed by atoms with Crippen molar-refractivity contribution in [2.75, 3.05) is 0 Å². The van der Waals surface area contributed by atoms with Gasteiger partial charge < -0.3 is 9.52 Å². The van der Waals surface area contributed by atoms with Crippen LogP contribution < -0.4 is 0 Å². The van der Waals surface area contributed by atoms with E-state index in [9.17, 15) is 9.90 Å². The lowest BCUT2D eigenvalue weighted by Gasteiger charge is -2.04. The third-order valence-electron chi connectivity index (χ3n) is 4.38. The molecule has 0 unspecified atom stereocenters. The molecular weight excluding hydrogens is 288 g/mol. The van der Waals surface area contributed by atoms with Gasteiger partial charge in [-0.1, -0.05) is 36.4 Å². The fourth-order valence-corrected chi connectivity index (χ4v) is 3.13. The number of carbonyl (C=O) groups is 1. The first-order valence-electron chi connectivity index (χ1n) is 7.72. The molecule has 23 heavy (non-hydrogen) atoms. The van der Waals surface area contributed by atoms with Gasteiger partial charge in [0.1, 0.15) is 11.5 Å². The molecule has 1 aliphatic rings. The molecule has 1 aromatic heterocycles. The summed E-state index contributed by atoms with van der Waals surface area (Å²) in [6.07, 6.45) is 1.44. The third-order valence-corrected chi connectivity index (χ3v) is 4.38. The maximum atomic E-state index is 11.9. The van der Waals surface area contributed by atoms with Crippen LogP contribution in [0.3, 0.4) is 0 Å². The van der Waals surface area contributed by atoms with Crippen LogP contribution in [0.2, 0.25) is 0 Å². The molecule has 0 spiro atoms. The molecule has 0 radical (unpaired) electrons. The van der Waals surface area contributed by atoms with Crippen molar-refractivity contribution < 1.29 is 14.3 Å². The Hall–Kier alpha value is -2.65. The van der Waals surface area contributed by atoms with Gasteiger partial charge in [-0.2, -0.15) is 0 Å². The minimum absolute atomic E-state index is 0.0282. The molecule has 0 fully saturated rings. The average molecular weight is 304 g/mol. The molecule has 1 heterocycles. The summed E-state index contributed by atoms with van der Waals surface area (Å²) < 4.78 is 5.97. The van der Waals surface area contributed by atoms with Gasteiger partial charge in [0.2, 0.25) is 0 Å². The molecule has 1 aliphatic carbocycles. The van der Waals surface area contributed by atoms with Crippen molar-refractivity contribution in [2.45, 2.75) is 19.4 Å². The maximum Gasteiger partial charge on any atom is 0.163 e. The highest BCUT2D eigenvalue weighted by molar-refractivity contribution is 6.01. The zero-order valence-electron chi connectivity index (χ0n) is 12.6. The zero-order valence-corrected chi connectivity index (χ0v) is 12.6. The Labute approximate surface area is 134 Å². The van der Waals surface area contributed by atoms with Crippen molar-refractivity contribution in [3.63, 3.8) is 0 Å². The number of furan rings is 1. The molecule has 3 nitrogen and oxygen atoms in total. The minimum Gasteiger partial charge on any atom is -0.456 e. The van der Waals surface area contributed by atoms with E-state index in [1.807, 2.05) is 54.6 Å². The number of Topliss-reactive ketones (excluding diaryl/α,β-unsaturated/α-hetero) is 1. The highest BCUT2D eigenvalue weighted by atomic mass is 16.3. The van der Waals surface area contributed by atoms with Crippen LogP contribution in [0.25, 0.3) is 22.6 Å². The van der Waals surface area contributed by atoms with E-state index in [1.54, 1.807) is 0 Å². The first-order valence-corrected chi connectivity index (χ1v) is 7.72. The Morgan fingerprint density at radius 1 is 0.913 bits per heavy atom. The second-order valence-electron chi connectivity index (χ2n) is 5.77. The van der Waals surface area contributed by atoms with Crippen molar-refractivity contribution in [2.24, 2.45) is 0 Å². The predicted octanol–water partition coefficient (Wildman–Crippen LogP) is 4.23. The van der Waals surface area contributed by atoms with Gasteiger partial charge in [0.05, 0.1) is 6.61 Å². The number of fused-ring (bicyclic) bond motifs is 1. The molecule has 114 valence electrons. The predicted molar refractivity (Wildman–Crippen MR) is 88.2 cm³/mol. The Bertz CT molecular complexity index is 889. The number of aryl methyl sites for hydroxylation is 1. The summed E-state index contributed by atoms with van der Waals surface area (Å²) in [5, 5.41) is 9.46. The number of aliphatic hydroxyl groups is 1. The smallest absolute Gasteiger partial charge is 0.163 e. The molecule has 3 heteroatoms. The van der Waals surface area contributed by atoms with Crippen LogP contribution in [0, 0.1) is 0 Å². The van der Waals surface area contributed by atoms with Crippen LogP contribution in [0.15, 0.2) is 59.0 Å². The summed E-state index contributed by atoms with van der Waals surface area (Å²) in [7, 11) is 0. The first-order chi connectivity index (χ1) is 11.3. The maximum absolute atomic E-state index is 11.9. The van der Waals surface area contributed by atoms with Crippen LogP contribution >= 0.6 is 0 Å². The molecule has 0 amide bonds. The number of benzene rings is 2. The standard InChI is InChI=1S/C20H16O3/c21-12-15-3-1-2-4-16(15)20-10-9-19(23-20)14-6-5-13-7-8-18(22)17(13)11-14/h1-6,9-11,21H,7-8,12H2. The molecule has 0 bridgehead atoms. The molecule has 0 saturated heterocycles. The van der Waals surface area contributed by atoms with Crippen LogP contribution in [-0.4, -0.2) is 10.9 Å². The van der Waals surface area contributed by atoms with E-state index in [0.717, 1.165) is 45.8 Å². The summed E-state index contributed by atoms with van der Waals surface area (Å²) in [6.45, 7) is -0.0282. The topological polar surface area (TPSA) is 50.4 Å². The Morgan fingerprint density at radius 2 is 1.74 bits per heavy atom. The Morgan fingerprint density at radius 3 is 2.61 bits per heavy atom. The van der Waals surface area contributed by atoms with Crippen LogP contribution in [0.5, 0.6) is 0 Å². The monoisotopic (exact) mass is 304 g/mol. The largest absolute Gasteiger partial charge is 0.456 e. The molecule has 0 atom stereocenters. The number of rotatable bonds is 3. The van der Waals surface area contributed by atoms with Gasteiger partial charge in [-0.15, -0.1) is 0 Å². The van der Waals surface area contributed by atoms with Crippen LogP contribution in [0.1, 0.15) is 27.9 Å². The van der Waals surface area contributed by atoms with Gasteiger partial charge in [0.25, 0.3) is 0 Å². The highest BCUT2D eigenvalue weighted by Crippen LogP contribution is 2.33. The molecule has 0 saturated carbocycles. The molecule has 2 aromatic carbocycles. The summed E-state index contributed by atoms with van der Waals surface area (Å²) in [6, 6.07) is 17.4. The van der Waals surface area contributed by atoms with Gasteiger partial charge in [0, 0.05) is 23.1 Å². The van der Waals surface area contributed by atoms with Crippen molar-refractivity contribution in [3.05, 3.63) is 71.3 Å². The van der Waals surface area contributed by atoms with E-state index < -0.39 is 0 Å². The number of aliphatic hydroxyl groups excluding tert-OH is 1. The number of hydrogen-bond acceptors (Lipinski definition) is 3. The van der Waals surface area contributed by atoms with Gasteiger partial charge >= 0.3 is 0 Å². The fraction of sp³-hybridized carbons (Fsp3) is 0.150. The Kier molecular flexibility index (Phi) is 3.36. The number of ketones is 1. The third kappa shape index (κ3) is 2.39. The quantitative estimate of drug-likeness (QED) is 0.787. The van der Waals surface area contributed by atoms with E-state index >= 15 is 0 Å². The summed E-state index contributed by atoms with van der Waals surface area (Å²) in [5.74, 6) is 1.66. The second kappa shape index (κ2) is 5.52. The lowest BCUT2D eigenvalue weighted by atomic mass is 10.0. The minimum atomic E-state index is -0.0282. The molecule has 1 N–H and O–H groups in total. The van der Waals surface area contributed by atoms with Crippen molar-refractivity contribution in [1.82, 2.24) is 0 Å². The lowest BCUT2D eigenvalue weighted by Crippen LogP contribution is -1.91. The van der Waals surface area contributed by atoms with Gasteiger partial charge in [0.15, 0.2) is 5.78 Å². The lowest BCUT2D eigenvalue weighted by molar-refractivity contribution is 0.0994. The second-order valence-corrected chi connectivity index (χ2v) is 5.77. The average Bonchev–Trinajstić information content (AvgIpc) is 3.22. The number of carbonyl (C=O) groups excluding carboxylic acids is 1. The van der Waals surface area contributed by atoms with Crippen molar-refractivity contribution in [3.8, 4) is 22.6 Å². The van der Waals surface area contributed by atoms with Crippen LogP contribution in [-0.2, 0) is 13.0 Å². The SMILES string of the molecule is O=C1CCc2ccc(-c3ccc(-c4ccccc4CO)o3)cc21. The molecular formula is C20H16O3. The fourth-order valence-electron chi connectivity index (χ4n) is 3.13. The highest BCUT2D eigenvalue weighted by Gasteiger charge is 2.20. The summed E-state index contributed by atoms with van der Waals surface area (Å²) in [5.41, 5.74) is 4.56. The van der Waals surface area contributed by atoms with Crippen molar-refractivity contribution >= 4 is 5.78 Å². The normalized spacial score (nSPS) is 13.3. The van der Waals surface area contributed by atoms with Gasteiger partial charge in [-0.3, -0.25) is 4.79 Å². The van der Waals surface area contributed by atoms with Gasteiger partial charge in [-0.25, -0.2) is 0 Å². The van der Waals surface area contributed by atoms with Crippen molar-refractivity contribution in [1.29, 1.82) is 0 Å². The number of hydrogen-bond donors (Lipinski definition) is 1. The van der Waals surface area contributed by atoms with Crippen LogP contribution in [0.4, 0.5) is 0 Å². The van der Waals surface area contributed by atoms with E-state index in [2.05, 4.69) is 0 Å².